The Kier molecular flexibility index (Phi) is 4.81. The molecule has 0 atom stereocenters. The number of rotatable bonds is 5. The molecule has 0 fully saturated rings. The third kappa shape index (κ3) is 3.74. The summed E-state index contributed by atoms with van der Waals surface area (Å²) in [5.74, 6) is 2.23. The summed E-state index contributed by atoms with van der Waals surface area (Å²) in [6, 6.07) is 26.7. The van der Waals surface area contributed by atoms with Gasteiger partial charge in [-0.3, -0.25) is 4.79 Å². The van der Waals surface area contributed by atoms with Crippen LogP contribution in [-0.2, 0) is 0 Å². The van der Waals surface area contributed by atoms with Crippen molar-refractivity contribution >= 4 is 16.6 Å². The van der Waals surface area contributed by atoms with Gasteiger partial charge in [-0.15, -0.1) is 0 Å². The zero-order valence-corrected chi connectivity index (χ0v) is 15.8. The minimum absolute atomic E-state index is 0.00403. The van der Waals surface area contributed by atoms with Crippen molar-refractivity contribution in [2.75, 3.05) is 7.11 Å². The van der Waals surface area contributed by atoms with E-state index >= 15 is 0 Å². The Labute approximate surface area is 164 Å². The van der Waals surface area contributed by atoms with E-state index in [0.717, 1.165) is 27.8 Å². The molecule has 0 saturated carbocycles. The third-order valence-electron chi connectivity index (χ3n) is 4.68. The van der Waals surface area contributed by atoms with Crippen LogP contribution in [0.25, 0.3) is 10.8 Å². The van der Waals surface area contributed by atoms with Crippen molar-refractivity contribution < 1.29 is 14.3 Å². The van der Waals surface area contributed by atoms with Gasteiger partial charge in [0.25, 0.3) is 0 Å². The molecular formula is C25H20O3. The summed E-state index contributed by atoms with van der Waals surface area (Å²) in [4.78, 5) is 12.6. The highest BCUT2D eigenvalue weighted by Gasteiger charge is 2.09. The lowest BCUT2D eigenvalue weighted by molar-refractivity contribution is 0.103. The number of benzene rings is 4. The van der Waals surface area contributed by atoms with E-state index < -0.39 is 0 Å². The first-order valence-corrected chi connectivity index (χ1v) is 9.09. The lowest BCUT2D eigenvalue weighted by Gasteiger charge is -2.09. The third-order valence-corrected chi connectivity index (χ3v) is 4.68. The van der Waals surface area contributed by atoms with Gasteiger partial charge < -0.3 is 9.47 Å². The molecule has 0 N–H and O–H groups in total. The minimum atomic E-state index is 0.00403. The fraction of sp³-hybridized carbons (Fsp3) is 0.0800. The monoisotopic (exact) mass is 368 g/mol. The number of methoxy groups -OCH3 is 1. The molecule has 4 aromatic carbocycles. The summed E-state index contributed by atoms with van der Waals surface area (Å²) in [5.41, 5.74) is 2.45. The van der Waals surface area contributed by atoms with Crippen molar-refractivity contribution in [2.45, 2.75) is 6.92 Å². The van der Waals surface area contributed by atoms with Crippen molar-refractivity contribution in [3.05, 3.63) is 102 Å². The number of ether oxygens (including phenoxy) is 2. The summed E-state index contributed by atoms with van der Waals surface area (Å²) >= 11 is 0. The summed E-state index contributed by atoms with van der Waals surface area (Å²) < 4.78 is 11.3. The van der Waals surface area contributed by atoms with Gasteiger partial charge >= 0.3 is 0 Å². The van der Waals surface area contributed by atoms with Crippen LogP contribution < -0.4 is 9.47 Å². The number of carbonyl (C=O) groups is 1. The van der Waals surface area contributed by atoms with Crippen molar-refractivity contribution in [2.24, 2.45) is 0 Å². The molecule has 138 valence electrons. The van der Waals surface area contributed by atoms with Crippen LogP contribution in [0.15, 0.2) is 84.9 Å². The molecule has 4 rings (SSSR count). The topological polar surface area (TPSA) is 35.5 Å². The highest BCUT2D eigenvalue weighted by molar-refractivity contribution is 6.09. The second-order valence-corrected chi connectivity index (χ2v) is 6.70. The fourth-order valence-corrected chi connectivity index (χ4v) is 3.08. The van der Waals surface area contributed by atoms with Gasteiger partial charge in [0.05, 0.1) is 7.11 Å². The SMILES string of the molecule is COc1ccc2ccc(Oc3ccc(C(=O)c4ccc(C)cc4)cc3)cc2c1. The second kappa shape index (κ2) is 7.57. The molecule has 0 aromatic heterocycles. The molecular weight excluding hydrogens is 348 g/mol. The van der Waals surface area contributed by atoms with Gasteiger partial charge in [-0.1, -0.05) is 42.0 Å². The summed E-state index contributed by atoms with van der Waals surface area (Å²) in [5, 5.41) is 2.16. The number of aryl methyl sites for hydroxylation is 1. The Hall–Kier alpha value is -3.59. The Morgan fingerprint density at radius 2 is 1.18 bits per heavy atom. The van der Waals surface area contributed by atoms with Gasteiger partial charge in [-0.25, -0.2) is 0 Å². The second-order valence-electron chi connectivity index (χ2n) is 6.70. The fourth-order valence-electron chi connectivity index (χ4n) is 3.08. The van der Waals surface area contributed by atoms with Crippen LogP contribution in [0.3, 0.4) is 0 Å². The lowest BCUT2D eigenvalue weighted by atomic mass is 10.0. The average molecular weight is 368 g/mol. The first-order valence-electron chi connectivity index (χ1n) is 9.09. The van der Waals surface area contributed by atoms with Crippen LogP contribution >= 0.6 is 0 Å². The largest absolute Gasteiger partial charge is 0.497 e. The first kappa shape index (κ1) is 17.8. The van der Waals surface area contributed by atoms with E-state index in [1.54, 1.807) is 19.2 Å². The van der Waals surface area contributed by atoms with E-state index in [0.29, 0.717) is 16.9 Å². The molecule has 0 saturated heterocycles. The van der Waals surface area contributed by atoms with E-state index in [4.69, 9.17) is 9.47 Å². The zero-order valence-electron chi connectivity index (χ0n) is 15.8. The molecule has 0 unspecified atom stereocenters. The van der Waals surface area contributed by atoms with Crippen LogP contribution in [-0.4, -0.2) is 12.9 Å². The molecule has 0 bridgehead atoms. The molecule has 4 aromatic rings. The maximum atomic E-state index is 12.6. The molecule has 0 aliphatic heterocycles. The number of ketones is 1. The molecule has 3 nitrogen and oxygen atoms in total. The maximum Gasteiger partial charge on any atom is 0.193 e. The first-order chi connectivity index (χ1) is 13.6. The summed E-state index contributed by atoms with van der Waals surface area (Å²) in [6.45, 7) is 2.00. The van der Waals surface area contributed by atoms with Crippen molar-refractivity contribution in [1.29, 1.82) is 0 Å². The molecule has 0 amide bonds. The van der Waals surface area contributed by atoms with Crippen LogP contribution in [0.5, 0.6) is 17.2 Å². The zero-order chi connectivity index (χ0) is 19.5. The van der Waals surface area contributed by atoms with Crippen molar-refractivity contribution in [1.82, 2.24) is 0 Å². The number of fused-ring (bicyclic) bond motifs is 1. The van der Waals surface area contributed by atoms with Crippen LogP contribution in [0.2, 0.25) is 0 Å². The maximum absolute atomic E-state index is 12.6. The van der Waals surface area contributed by atoms with Crippen molar-refractivity contribution in [3.8, 4) is 17.2 Å². The molecule has 28 heavy (non-hydrogen) atoms. The predicted octanol–water partition coefficient (Wildman–Crippen LogP) is 6.18. The predicted molar refractivity (Wildman–Crippen MR) is 112 cm³/mol. The number of carbonyl (C=O) groups excluding carboxylic acids is 1. The minimum Gasteiger partial charge on any atom is -0.497 e. The van der Waals surface area contributed by atoms with Gasteiger partial charge in [0.2, 0.25) is 0 Å². The Bertz CT molecular complexity index is 1130. The number of hydrogen-bond donors (Lipinski definition) is 0. The van der Waals surface area contributed by atoms with E-state index in [2.05, 4.69) is 0 Å². The number of hydrogen-bond acceptors (Lipinski definition) is 3. The quantitative estimate of drug-likeness (QED) is 0.395. The summed E-state index contributed by atoms with van der Waals surface area (Å²) in [7, 11) is 1.65. The normalized spacial score (nSPS) is 10.6. The molecule has 0 aliphatic carbocycles. The smallest absolute Gasteiger partial charge is 0.193 e. The van der Waals surface area contributed by atoms with Crippen LogP contribution in [0.4, 0.5) is 0 Å². The highest BCUT2D eigenvalue weighted by atomic mass is 16.5. The molecule has 3 heteroatoms. The lowest BCUT2D eigenvalue weighted by Crippen LogP contribution is -2.00. The van der Waals surface area contributed by atoms with Gasteiger partial charge in [0.1, 0.15) is 17.2 Å². The van der Waals surface area contributed by atoms with E-state index in [1.807, 2.05) is 79.7 Å². The van der Waals surface area contributed by atoms with E-state index in [9.17, 15) is 4.79 Å². The molecule has 0 spiro atoms. The van der Waals surface area contributed by atoms with E-state index in [-0.39, 0.29) is 5.78 Å². The van der Waals surface area contributed by atoms with Crippen molar-refractivity contribution in [3.63, 3.8) is 0 Å². The Morgan fingerprint density at radius 1 is 0.643 bits per heavy atom. The van der Waals surface area contributed by atoms with Gasteiger partial charge in [-0.05, 0) is 66.2 Å². The molecule has 0 heterocycles. The van der Waals surface area contributed by atoms with Gasteiger partial charge in [0.15, 0.2) is 5.78 Å². The molecule has 0 radical (unpaired) electrons. The van der Waals surface area contributed by atoms with Crippen LogP contribution in [0.1, 0.15) is 21.5 Å². The van der Waals surface area contributed by atoms with Gasteiger partial charge in [0, 0.05) is 11.1 Å². The van der Waals surface area contributed by atoms with E-state index in [1.165, 1.54) is 0 Å². The Morgan fingerprint density at radius 3 is 1.82 bits per heavy atom. The molecule has 0 aliphatic rings. The van der Waals surface area contributed by atoms with Gasteiger partial charge in [-0.2, -0.15) is 0 Å². The highest BCUT2D eigenvalue weighted by Crippen LogP contribution is 2.28. The Balaban J connectivity index is 1.53. The summed E-state index contributed by atoms with van der Waals surface area (Å²) in [6.07, 6.45) is 0. The standard InChI is InChI=1S/C25H20O3/c1-17-3-5-19(6-4-17)25(26)20-9-11-22(12-10-20)28-24-14-8-18-7-13-23(27-2)15-21(18)16-24/h3-16H,1-2H3. The average Bonchev–Trinajstić information content (AvgIpc) is 2.74. The van der Waals surface area contributed by atoms with Crippen LogP contribution in [0, 0.1) is 6.92 Å².